The van der Waals surface area contributed by atoms with Gasteiger partial charge >= 0.3 is 0 Å². The Labute approximate surface area is 316 Å². The number of hydrogen-bond acceptors (Lipinski definition) is 5. The van der Waals surface area contributed by atoms with Crippen molar-refractivity contribution in [2.45, 2.75) is 54.8 Å². The number of aromatic nitrogens is 3. The van der Waals surface area contributed by atoms with Crippen molar-refractivity contribution in [2.75, 3.05) is 0 Å². The van der Waals surface area contributed by atoms with Crippen molar-refractivity contribution in [3.63, 3.8) is 0 Å². The zero-order valence-corrected chi connectivity index (χ0v) is 32.1. The maximum Gasteiger partial charge on any atom is 0.148 e. The summed E-state index contributed by atoms with van der Waals surface area (Å²) in [6, 6.07) is 34.3. The molecule has 4 aromatic carbocycles. The van der Waals surface area contributed by atoms with Crippen LogP contribution < -0.4 is 0 Å². The molecule has 4 aromatic heterocycles. The summed E-state index contributed by atoms with van der Waals surface area (Å²) in [6.45, 7) is 11.2. The first-order chi connectivity index (χ1) is 24.8. The third kappa shape index (κ3) is 7.20. The Morgan fingerprint density at radius 2 is 1.58 bits per heavy atom. The van der Waals surface area contributed by atoms with Crippen molar-refractivity contribution in [2.24, 2.45) is 5.41 Å². The molecule has 0 unspecified atom stereocenters. The van der Waals surface area contributed by atoms with Crippen LogP contribution in [0.15, 0.2) is 102 Å². The average Bonchev–Trinajstić information content (AvgIpc) is 3.68. The topological polar surface area (TPSA) is 51.8 Å². The van der Waals surface area contributed by atoms with E-state index >= 15 is 0 Å². The van der Waals surface area contributed by atoms with Gasteiger partial charge in [0.25, 0.3) is 0 Å². The van der Waals surface area contributed by atoms with Gasteiger partial charge in [-0.3, -0.25) is 0 Å². The molecule has 0 aliphatic heterocycles. The first-order valence-corrected chi connectivity index (χ1v) is 17.2. The van der Waals surface area contributed by atoms with E-state index in [1.165, 1.54) is 34.0 Å². The monoisotopic (exact) mass is 853 g/mol. The molecule has 4 nitrogen and oxygen atoms in total. The predicted octanol–water partition coefficient (Wildman–Crippen LogP) is 12.1. The Hall–Kier alpha value is -4.48. The van der Waals surface area contributed by atoms with E-state index in [-0.39, 0.29) is 31.1 Å². The number of furan rings is 1. The van der Waals surface area contributed by atoms with Crippen LogP contribution in [0.3, 0.4) is 0 Å². The summed E-state index contributed by atoms with van der Waals surface area (Å²) >= 11 is 1.69. The molecule has 50 heavy (non-hydrogen) atoms. The van der Waals surface area contributed by atoms with E-state index in [1.54, 1.807) is 29.5 Å². The minimum absolute atomic E-state index is 0. The molecule has 0 saturated carbocycles. The van der Waals surface area contributed by atoms with Crippen molar-refractivity contribution < 1.29 is 28.6 Å². The van der Waals surface area contributed by atoms with Crippen LogP contribution in [0.2, 0.25) is 0 Å². The molecule has 0 saturated heterocycles. The maximum absolute atomic E-state index is 7.23. The molecule has 0 aliphatic carbocycles. The van der Waals surface area contributed by atoms with Gasteiger partial charge in [0.15, 0.2) is 0 Å². The SMILES string of the molecule is Cc1nc2c(ccc3c4cc[c-]c(-c5cc(-c6c(C)cccc6C)c(CC(C)(C)C)cn5)c4oc32)s1.[2H]C([2H])([2H])c1ccc(-c2[c-]cccc2)nc1.[Ir]. The van der Waals surface area contributed by atoms with Crippen LogP contribution in [-0.2, 0) is 26.5 Å². The fourth-order valence-electron chi connectivity index (χ4n) is 6.40. The van der Waals surface area contributed by atoms with E-state index in [0.717, 1.165) is 66.1 Å². The molecule has 253 valence electrons. The summed E-state index contributed by atoms with van der Waals surface area (Å²) in [4.78, 5) is 13.8. The molecule has 0 bridgehead atoms. The maximum atomic E-state index is 7.23. The van der Waals surface area contributed by atoms with Gasteiger partial charge in [-0.05, 0) is 90.3 Å². The molecule has 8 aromatic rings. The second-order valence-electron chi connectivity index (χ2n) is 13.7. The Bertz CT molecular complexity index is 2530. The van der Waals surface area contributed by atoms with E-state index in [2.05, 4.69) is 100 Å². The zero-order valence-electron chi connectivity index (χ0n) is 31.9. The van der Waals surface area contributed by atoms with E-state index in [9.17, 15) is 0 Å². The van der Waals surface area contributed by atoms with Crippen LogP contribution in [-0.4, -0.2) is 15.0 Å². The number of pyridine rings is 2. The molecule has 0 aliphatic rings. The average molecular weight is 853 g/mol. The minimum Gasteiger partial charge on any atom is -0.498 e. The van der Waals surface area contributed by atoms with E-state index < -0.39 is 6.85 Å². The molecule has 6 heteroatoms. The Morgan fingerprint density at radius 1 is 0.800 bits per heavy atom. The third-order valence-corrected chi connectivity index (χ3v) is 9.46. The summed E-state index contributed by atoms with van der Waals surface area (Å²) in [5.74, 6) is 0. The van der Waals surface area contributed by atoms with E-state index in [4.69, 9.17) is 18.5 Å². The van der Waals surface area contributed by atoms with Gasteiger partial charge in [0, 0.05) is 42.0 Å². The first-order valence-electron chi connectivity index (χ1n) is 17.9. The third-order valence-electron chi connectivity index (χ3n) is 8.53. The van der Waals surface area contributed by atoms with Gasteiger partial charge in [0.2, 0.25) is 0 Å². The predicted molar refractivity (Wildman–Crippen MR) is 205 cm³/mol. The molecule has 4 heterocycles. The summed E-state index contributed by atoms with van der Waals surface area (Å²) in [5, 5.41) is 3.19. The van der Waals surface area contributed by atoms with Gasteiger partial charge in [-0.25, -0.2) is 4.98 Å². The standard InChI is InChI=1S/C32H29N2OS.C12H10N.Ir/c1-18-9-7-10-19(2)28(18)25-15-26(33-17-21(25)16-32(4,5)6)24-12-8-11-22-23-13-14-27-29(34-20(3)36-27)31(23)35-30(22)24;1-10-7-8-12(13-9-10)11-5-3-2-4-6-11;/h7-11,13-15,17H,16H2,1-6H3;2-5,7-9H,1H3;/q2*-1;/i;1D3;. The minimum atomic E-state index is -2.09. The zero-order chi connectivity index (χ0) is 36.8. The van der Waals surface area contributed by atoms with Crippen molar-refractivity contribution in [1.82, 2.24) is 15.0 Å². The van der Waals surface area contributed by atoms with Crippen molar-refractivity contribution in [3.05, 3.63) is 137 Å². The normalized spacial score (nSPS) is 12.6. The molecule has 0 spiro atoms. The number of aryl methyl sites for hydroxylation is 4. The van der Waals surface area contributed by atoms with Crippen LogP contribution in [0, 0.1) is 45.2 Å². The van der Waals surface area contributed by atoms with E-state index in [1.807, 2.05) is 31.2 Å². The Morgan fingerprint density at radius 3 is 2.28 bits per heavy atom. The van der Waals surface area contributed by atoms with Gasteiger partial charge < -0.3 is 14.4 Å². The first kappa shape index (κ1) is 31.5. The molecule has 8 rings (SSSR count). The second kappa shape index (κ2) is 14.4. The number of hydrogen-bond donors (Lipinski definition) is 0. The van der Waals surface area contributed by atoms with Crippen molar-refractivity contribution >= 4 is 43.5 Å². The van der Waals surface area contributed by atoms with Gasteiger partial charge in [-0.2, -0.15) is 0 Å². The van der Waals surface area contributed by atoms with Gasteiger partial charge in [-0.15, -0.1) is 65.4 Å². The van der Waals surface area contributed by atoms with Crippen LogP contribution >= 0.6 is 11.3 Å². The fraction of sp³-hybridized carbons (Fsp3) is 0.205. The van der Waals surface area contributed by atoms with Crippen LogP contribution in [0.5, 0.6) is 0 Å². The number of thiazole rings is 1. The number of fused-ring (bicyclic) bond motifs is 5. The van der Waals surface area contributed by atoms with Gasteiger partial charge in [0.1, 0.15) is 11.1 Å². The van der Waals surface area contributed by atoms with Crippen LogP contribution in [0.1, 0.15) is 52.1 Å². The Kier molecular flexibility index (Phi) is 9.07. The van der Waals surface area contributed by atoms with Crippen molar-refractivity contribution in [1.29, 1.82) is 0 Å². The largest absolute Gasteiger partial charge is 0.498 e. The summed E-state index contributed by atoms with van der Waals surface area (Å²) in [6.07, 6.45) is 4.39. The number of nitrogens with zero attached hydrogens (tertiary/aromatic N) is 3. The van der Waals surface area contributed by atoms with Gasteiger partial charge in [0.05, 0.1) is 15.3 Å². The fourth-order valence-corrected chi connectivity index (χ4v) is 7.23. The summed E-state index contributed by atoms with van der Waals surface area (Å²) in [7, 11) is 0. The molecule has 0 fully saturated rings. The number of benzene rings is 4. The second-order valence-corrected chi connectivity index (χ2v) is 14.9. The van der Waals surface area contributed by atoms with Gasteiger partial charge in [-0.1, -0.05) is 74.2 Å². The molecule has 0 atom stereocenters. The smallest absolute Gasteiger partial charge is 0.148 e. The number of rotatable bonds is 4. The summed E-state index contributed by atoms with van der Waals surface area (Å²) < 4.78 is 29.4. The molecular formula is C44H39IrN3OS-2. The van der Waals surface area contributed by atoms with E-state index in [0.29, 0.717) is 0 Å². The molecular weight excluding hydrogens is 811 g/mol. The molecule has 1 radical (unpaired) electrons. The summed E-state index contributed by atoms with van der Waals surface area (Å²) in [5.41, 5.74) is 12.7. The Balaban J connectivity index is 0.000000238. The molecule has 0 amide bonds. The molecule has 0 N–H and O–H groups in total. The van der Waals surface area contributed by atoms with Crippen molar-refractivity contribution in [3.8, 4) is 33.6 Å². The van der Waals surface area contributed by atoms with Crippen LogP contribution in [0.4, 0.5) is 0 Å². The van der Waals surface area contributed by atoms with Crippen LogP contribution in [0.25, 0.3) is 65.8 Å². The quantitative estimate of drug-likeness (QED) is 0.166.